The van der Waals surface area contributed by atoms with Crippen molar-refractivity contribution in [2.45, 2.75) is 38.0 Å². The molecule has 2 aromatic rings. The summed E-state index contributed by atoms with van der Waals surface area (Å²) in [6, 6.07) is 6.31. The molecule has 0 unspecified atom stereocenters. The molecule has 136 valence electrons. The zero-order valence-corrected chi connectivity index (χ0v) is 14.4. The van der Waals surface area contributed by atoms with Crippen molar-refractivity contribution >= 4 is 0 Å². The fraction of sp³-hybridized carbons (Fsp3) is 0.412. The maximum absolute atomic E-state index is 11.9. The van der Waals surface area contributed by atoms with Gasteiger partial charge in [0.2, 0.25) is 12.1 Å². The van der Waals surface area contributed by atoms with Crippen molar-refractivity contribution < 1.29 is 9.85 Å². The van der Waals surface area contributed by atoms with Gasteiger partial charge < -0.3 is 0 Å². The normalized spacial score (nSPS) is 27.6. The summed E-state index contributed by atoms with van der Waals surface area (Å²) in [5.74, 6) is 0. The van der Waals surface area contributed by atoms with Crippen LogP contribution in [0.5, 0.6) is 0 Å². The van der Waals surface area contributed by atoms with Gasteiger partial charge in [-0.1, -0.05) is 12.1 Å². The zero-order chi connectivity index (χ0) is 18.9. The SMILES string of the molecule is CC1(C)[C@H]([N+](=O)[O-])[C@@H](c2ccccn2)N[C@@H](c2ccccn2)[C@H]1[N+](=O)[O-]. The number of aromatic nitrogens is 2. The van der Waals surface area contributed by atoms with Crippen molar-refractivity contribution in [2.75, 3.05) is 0 Å². The monoisotopic (exact) mass is 357 g/mol. The van der Waals surface area contributed by atoms with Crippen LogP contribution in [0.3, 0.4) is 0 Å². The molecule has 0 bridgehead atoms. The van der Waals surface area contributed by atoms with Crippen LogP contribution in [0.1, 0.15) is 37.3 Å². The Kier molecular flexibility index (Phi) is 4.64. The number of nitrogens with one attached hydrogen (secondary N) is 1. The predicted octanol–water partition coefficient (Wildman–Crippen LogP) is 2.18. The van der Waals surface area contributed by atoms with Gasteiger partial charge in [-0.2, -0.15) is 0 Å². The second kappa shape index (κ2) is 6.75. The highest BCUT2D eigenvalue weighted by Gasteiger charge is 2.63. The van der Waals surface area contributed by atoms with Crippen LogP contribution in [-0.4, -0.2) is 31.9 Å². The standard InChI is InChI=1S/C17H19N5O4/c1-17(2)15(21(23)24)13(11-7-3-5-9-18-11)20-14(16(17)22(25)26)12-8-4-6-10-19-12/h3-10,13-16,20H,1-2H3/t13-,14+,15-,16-/m1/s1. The Morgan fingerprint density at radius 3 is 1.62 bits per heavy atom. The highest BCUT2D eigenvalue weighted by molar-refractivity contribution is 5.21. The summed E-state index contributed by atoms with van der Waals surface area (Å²) in [6.45, 7) is 3.14. The first-order chi connectivity index (χ1) is 12.3. The van der Waals surface area contributed by atoms with Gasteiger partial charge in [0.1, 0.15) is 17.5 Å². The Morgan fingerprint density at radius 1 is 0.885 bits per heavy atom. The van der Waals surface area contributed by atoms with Crippen LogP contribution < -0.4 is 5.32 Å². The van der Waals surface area contributed by atoms with Crippen LogP contribution in [0.2, 0.25) is 0 Å². The second-order valence-corrected chi connectivity index (χ2v) is 6.91. The average Bonchev–Trinajstić information content (AvgIpc) is 2.60. The largest absolute Gasteiger partial charge is 0.289 e. The minimum atomic E-state index is -1.23. The molecule has 0 radical (unpaired) electrons. The van der Waals surface area contributed by atoms with E-state index in [-0.39, 0.29) is 0 Å². The molecule has 1 aliphatic heterocycles. The Hall–Kier alpha value is -2.94. The number of pyridine rings is 2. The van der Waals surface area contributed by atoms with Crippen LogP contribution in [0.25, 0.3) is 0 Å². The maximum Gasteiger partial charge on any atom is 0.245 e. The van der Waals surface area contributed by atoms with Gasteiger partial charge in [0, 0.05) is 22.2 Å². The van der Waals surface area contributed by atoms with E-state index in [0.717, 1.165) is 0 Å². The molecule has 1 aliphatic rings. The third kappa shape index (κ3) is 3.01. The molecule has 4 atom stereocenters. The lowest BCUT2D eigenvalue weighted by Crippen LogP contribution is -2.63. The Balaban J connectivity index is 2.14. The van der Waals surface area contributed by atoms with E-state index in [4.69, 9.17) is 0 Å². The van der Waals surface area contributed by atoms with Crippen molar-refractivity contribution in [3.8, 4) is 0 Å². The molecule has 9 nitrogen and oxygen atoms in total. The molecular formula is C17H19N5O4. The van der Waals surface area contributed by atoms with Crippen molar-refractivity contribution in [3.63, 3.8) is 0 Å². The number of nitro groups is 2. The number of piperidine rings is 1. The Morgan fingerprint density at radius 2 is 1.31 bits per heavy atom. The third-order valence-corrected chi connectivity index (χ3v) is 4.98. The number of rotatable bonds is 4. The lowest BCUT2D eigenvalue weighted by molar-refractivity contribution is -0.605. The molecule has 0 spiro atoms. The van der Waals surface area contributed by atoms with Crippen molar-refractivity contribution in [2.24, 2.45) is 5.41 Å². The Bertz CT molecular complexity index is 734. The van der Waals surface area contributed by atoms with Gasteiger partial charge >= 0.3 is 0 Å². The summed E-state index contributed by atoms with van der Waals surface area (Å²) in [4.78, 5) is 31.3. The molecule has 9 heteroatoms. The van der Waals surface area contributed by atoms with Gasteiger partial charge in [0.05, 0.1) is 11.4 Å². The van der Waals surface area contributed by atoms with Gasteiger partial charge in [0.15, 0.2) is 0 Å². The molecule has 2 aromatic heterocycles. The topological polar surface area (TPSA) is 124 Å². The molecule has 1 N–H and O–H groups in total. The Labute approximate surface area is 149 Å². The fourth-order valence-corrected chi connectivity index (χ4v) is 3.81. The molecule has 3 heterocycles. The summed E-state index contributed by atoms with van der Waals surface area (Å²) < 4.78 is 0. The minimum Gasteiger partial charge on any atom is -0.289 e. The maximum atomic E-state index is 11.9. The van der Waals surface area contributed by atoms with E-state index in [9.17, 15) is 20.2 Å². The van der Waals surface area contributed by atoms with E-state index in [0.29, 0.717) is 11.4 Å². The van der Waals surface area contributed by atoms with E-state index in [1.807, 2.05) is 0 Å². The van der Waals surface area contributed by atoms with Gasteiger partial charge in [-0.05, 0) is 38.1 Å². The van der Waals surface area contributed by atoms with Crippen molar-refractivity contribution in [1.82, 2.24) is 15.3 Å². The summed E-state index contributed by atoms with van der Waals surface area (Å²) in [7, 11) is 0. The quantitative estimate of drug-likeness (QED) is 0.657. The van der Waals surface area contributed by atoms with Gasteiger partial charge in [-0.3, -0.25) is 35.5 Å². The number of hydrogen-bond acceptors (Lipinski definition) is 7. The van der Waals surface area contributed by atoms with Gasteiger partial charge in [-0.25, -0.2) is 0 Å². The average molecular weight is 357 g/mol. The van der Waals surface area contributed by atoms with Crippen LogP contribution >= 0.6 is 0 Å². The fourth-order valence-electron chi connectivity index (χ4n) is 3.81. The van der Waals surface area contributed by atoms with E-state index in [2.05, 4.69) is 15.3 Å². The van der Waals surface area contributed by atoms with E-state index >= 15 is 0 Å². The lowest BCUT2D eigenvalue weighted by Gasteiger charge is -2.43. The molecule has 0 amide bonds. The van der Waals surface area contributed by atoms with E-state index in [1.54, 1.807) is 62.6 Å². The first kappa shape index (κ1) is 17.9. The van der Waals surface area contributed by atoms with Crippen molar-refractivity contribution in [1.29, 1.82) is 0 Å². The highest BCUT2D eigenvalue weighted by Crippen LogP contribution is 2.46. The van der Waals surface area contributed by atoms with Crippen LogP contribution in [0, 0.1) is 25.6 Å². The van der Waals surface area contributed by atoms with Gasteiger partial charge in [-0.15, -0.1) is 0 Å². The molecule has 1 saturated heterocycles. The smallest absolute Gasteiger partial charge is 0.245 e. The van der Waals surface area contributed by atoms with Crippen LogP contribution in [0.15, 0.2) is 48.8 Å². The summed E-state index contributed by atoms with van der Waals surface area (Å²) >= 11 is 0. The first-order valence-corrected chi connectivity index (χ1v) is 8.19. The summed E-state index contributed by atoms with van der Waals surface area (Å²) in [6.07, 6.45) is 3.10. The summed E-state index contributed by atoms with van der Waals surface area (Å²) in [5, 5.41) is 26.8. The molecular weight excluding hydrogens is 338 g/mol. The third-order valence-electron chi connectivity index (χ3n) is 4.98. The van der Waals surface area contributed by atoms with Crippen LogP contribution in [0.4, 0.5) is 0 Å². The lowest BCUT2D eigenvalue weighted by atomic mass is 9.67. The second-order valence-electron chi connectivity index (χ2n) is 6.91. The first-order valence-electron chi connectivity index (χ1n) is 8.19. The number of nitrogens with zero attached hydrogens (tertiary/aromatic N) is 4. The molecule has 0 aliphatic carbocycles. The van der Waals surface area contributed by atoms with Crippen molar-refractivity contribution in [3.05, 3.63) is 80.4 Å². The predicted molar refractivity (Wildman–Crippen MR) is 92.4 cm³/mol. The molecule has 1 fully saturated rings. The summed E-state index contributed by atoms with van der Waals surface area (Å²) in [5.41, 5.74) is -0.280. The van der Waals surface area contributed by atoms with E-state index < -0.39 is 39.4 Å². The molecule has 0 aromatic carbocycles. The van der Waals surface area contributed by atoms with Gasteiger partial charge in [0.25, 0.3) is 0 Å². The molecule has 0 saturated carbocycles. The minimum absolute atomic E-state index is 0.447. The highest BCUT2D eigenvalue weighted by atomic mass is 16.6. The van der Waals surface area contributed by atoms with Crippen LogP contribution in [-0.2, 0) is 0 Å². The molecule has 26 heavy (non-hydrogen) atoms. The number of hydrogen-bond donors (Lipinski definition) is 1. The van der Waals surface area contributed by atoms with E-state index in [1.165, 1.54) is 0 Å². The molecule has 3 rings (SSSR count). The zero-order valence-electron chi connectivity index (χ0n) is 14.4.